The summed E-state index contributed by atoms with van der Waals surface area (Å²) in [5, 5.41) is 6.91. The summed E-state index contributed by atoms with van der Waals surface area (Å²) in [5.41, 5.74) is 3.06. The molecule has 3 N–H and O–H groups in total. The molecule has 0 radical (unpaired) electrons. The van der Waals surface area contributed by atoms with Crippen LogP contribution in [0.4, 0.5) is 0 Å². The van der Waals surface area contributed by atoms with E-state index in [4.69, 9.17) is 0 Å². The van der Waals surface area contributed by atoms with Gasteiger partial charge in [0.25, 0.3) is 0 Å². The van der Waals surface area contributed by atoms with Crippen LogP contribution >= 0.6 is 0 Å². The van der Waals surface area contributed by atoms with Crippen LogP contribution < -0.4 is 10.6 Å². The molecular weight excluding hydrogens is 338 g/mol. The van der Waals surface area contributed by atoms with E-state index in [2.05, 4.69) is 15.6 Å². The van der Waals surface area contributed by atoms with Crippen LogP contribution in [0.3, 0.4) is 0 Å². The SMILES string of the molecule is CCCC(=O)N[C@@H](Cc1c[nH]c2ccccc12)C(=O)NCc1ccccc1. The van der Waals surface area contributed by atoms with E-state index in [1.807, 2.05) is 67.7 Å². The zero-order valence-corrected chi connectivity index (χ0v) is 15.5. The Kier molecular flexibility index (Phi) is 6.26. The molecule has 5 heteroatoms. The van der Waals surface area contributed by atoms with Gasteiger partial charge in [-0.05, 0) is 23.6 Å². The number of fused-ring (bicyclic) bond motifs is 1. The third kappa shape index (κ3) is 4.97. The molecule has 2 aromatic carbocycles. The maximum Gasteiger partial charge on any atom is 0.243 e. The number of benzene rings is 2. The van der Waals surface area contributed by atoms with Gasteiger partial charge in [-0.3, -0.25) is 9.59 Å². The molecule has 0 bridgehead atoms. The van der Waals surface area contributed by atoms with Gasteiger partial charge in [-0.25, -0.2) is 0 Å². The number of hydrogen-bond donors (Lipinski definition) is 3. The summed E-state index contributed by atoms with van der Waals surface area (Å²) in [6, 6.07) is 17.1. The summed E-state index contributed by atoms with van der Waals surface area (Å²) in [6.45, 7) is 2.39. The number of amides is 2. The van der Waals surface area contributed by atoms with Crippen molar-refractivity contribution >= 4 is 22.7 Å². The Labute approximate surface area is 159 Å². The van der Waals surface area contributed by atoms with Crippen molar-refractivity contribution in [3.8, 4) is 0 Å². The molecule has 1 heterocycles. The lowest BCUT2D eigenvalue weighted by atomic mass is 10.0. The van der Waals surface area contributed by atoms with Crippen LogP contribution in [0, 0.1) is 0 Å². The first-order valence-electron chi connectivity index (χ1n) is 9.33. The predicted octanol–water partition coefficient (Wildman–Crippen LogP) is 3.31. The second-order valence-corrected chi connectivity index (χ2v) is 6.64. The molecule has 0 saturated heterocycles. The molecule has 0 aliphatic carbocycles. The van der Waals surface area contributed by atoms with Crippen molar-refractivity contribution in [3.05, 3.63) is 71.9 Å². The van der Waals surface area contributed by atoms with Crippen LogP contribution in [0.1, 0.15) is 30.9 Å². The van der Waals surface area contributed by atoms with Crippen molar-refractivity contribution in [2.45, 2.75) is 38.8 Å². The standard InChI is InChI=1S/C22H25N3O2/c1-2-8-21(26)25-20(22(27)24-14-16-9-4-3-5-10-16)13-17-15-23-19-12-7-6-11-18(17)19/h3-7,9-12,15,20,23H,2,8,13-14H2,1H3,(H,24,27)(H,25,26)/t20-/m0/s1. The fraction of sp³-hybridized carbons (Fsp3) is 0.273. The Hall–Kier alpha value is -3.08. The first-order chi connectivity index (χ1) is 13.2. The smallest absolute Gasteiger partial charge is 0.243 e. The third-order valence-electron chi connectivity index (χ3n) is 4.54. The van der Waals surface area contributed by atoms with Crippen LogP contribution in [-0.4, -0.2) is 22.8 Å². The normalized spacial score (nSPS) is 11.9. The largest absolute Gasteiger partial charge is 0.361 e. The summed E-state index contributed by atoms with van der Waals surface area (Å²) in [6.07, 6.45) is 3.52. The molecule has 0 aliphatic heterocycles. The number of carbonyl (C=O) groups is 2. The van der Waals surface area contributed by atoms with Gasteiger partial charge in [0.2, 0.25) is 11.8 Å². The molecule has 0 saturated carbocycles. The number of H-pyrrole nitrogens is 1. The summed E-state index contributed by atoms with van der Waals surface area (Å²) in [4.78, 5) is 28.1. The predicted molar refractivity (Wildman–Crippen MR) is 107 cm³/mol. The molecule has 140 valence electrons. The van der Waals surface area contributed by atoms with Crippen LogP contribution in [0.5, 0.6) is 0 Å². The van der Waals surface area contributed by atoms with E-state index in [1.165, 1.54) is 0 Å². The fourth-order valence-electron chi connectivity index (χ4n) is 3.13. The number of hydrogen-bond acceptors (Lipinski definition) is 2. The van der Waals surface area contributed by atoms with E-state index in [0.29, 0.717) is 19.4 Å². The first-order valence-corrected chi connectivity index (χ1v) is 9.33. The van der Waals surface area contributed by atoms with Crippen molar-refractivity contribution in [1.29, 1.82) is 0 Å². The van der Waals surface area contributed by atoms with Crippen LogP contribution in [-0.2, 0) is 22.6 Å². The molecule has 0 spiro atoms. The van der Waals surface area contributed by atoms with E-state index in [1.54, 1.807) is 0 Å². The Morgan fingerprint density at radius 3 is 2.56 bits per heavy atom. The number of carbonyl (C=O) groups excluding carboxylic acids is 2. The fourth-order valence-corrected chi connectivity index (χ4v) is 3.13. The Bertz CT molecular complexity index is 902. The highest BCUT2D eigenvalue weighted by molar-refractivity contribution is 5.89. The van der Waals surface area contributed by atoms with E-state index < -0.39 is 6.04 Å². The summed E-state index contributed by atoms with van der Waals surface area (Å²) < 4.78 is 0. The number of nitrogens with one attached hydrogen (secondary N) is 3. The molecule has 1 atom stereocenters. The first kappa shape index (κ1) is 18.7. The lowest BCUT2D eigenvalue weighted by Gasteiger charge is -2.18. The maximum atomic E-state index is 12.8. The van der Waals surface area contributed by atoms with Gasteiger partial charge in [-0.2, -0.15) is 0 Å². The third-order valence-corrected chi connectivity index (χ3v) is 4.54. The minimum absolute atomic E-state index is 0.0998. The second kappa shape index (κ2) is 9.03. The van der Waals surface area contributed by atoms with Crippen molar-refractivity contribution in [2.75, 3.05) is 0 Å². The Morgan fingerprint density at radius 1 is 1.04 bits per heavy atom. The molecule has 0 fully saturated rings. The van der Waals surface area contributed by atoms with Gasteiger partial charge in [-0.15, -0.1) is 0 Å². The minimum atomic E-state index is -0.605. The molecule has 1 aromatic heterocycles. The number of rotatable bonds is 8. The molecule has 27 heavy (non-hydrogen) atoms. The molecule has 2 amide bonds. The van der Waals surface area contributed by atoms with Gasteiger partial charge >= 0.3 is 0 Å². The van der Waals surface area contributed by atoms with Gasteiger partial charge in [0, 0.05) is 36.5 Å². The average molecular weight is 363 g/mol. The lowest BCUT2D eigenvalue weighted by molar-refractivity contribution is -0.129. The molecule has 0 unspecified atom stereocenters. The van der Waals surface area contributed by atoms with Crippen molar-refractivity contribution in [3.63, 3.8) is 0 Å². The van der Waals surface area contributed by atoms with Crippen molar-refractivity contribution in [2.24, 2.45) is 0 Å². The van der Waals surface area contributed by atoms with E-state index in [-0.39, 0.29) is 11.8 Å². The Morgan fingerprint density at radius 2 is 1.78 bits per heavy atom. The molecule has 3 aromatic rings. The second-order valence-electron chi connectivity index (χ2n) is 6.64. The lowest BCUT2D eigenvalue weighted by Crippen LogP contribution is -2.47. The summed E-state index contributed by atoms with van der Waals surface area (Å²) >= 11 is 0. The summed E-state index contributed by atoms with van der Waals surface area (Å²) in [5.74, 6) is -0.272. The van der Waals surface area contributed by atoms with Crippen LogP contribution in [0.2, 0.25) is 0 Å². The van der Waals surface area contributed by atoms with Gasteiger partial charge in [0.05, 0.1) is 0 Å². The zero-order valence-electron chi connectivity index (χ0n) is 15.5. The van der Waals surface area contributed by atoms with Gasteiger partial charge < -0.3 is 15.6 Å². The number of para-hydroxylation sites is 1. The maximum absolute atomic E-state index is 12.8. The zero-order chi connectivity index (χ0) is 19.1. The quantitative estimate of drug-likeness (QED) is 0.574. The topological polar surface area (TPSA) is 74.0 Å². The van der Waals surface area contributed by atoms with Gasteiger partial charge in [-0.1, -0.05) is 55.5 Å². The van der Waals surface area contributed by atoms with Gasteiger partial charge in [0.15, 0.2) is 0 Å². The molecular formula is C22H25N3O2. The molecule has 3 rings (SSSR count). The van der Waals surface area contributed by atoms with E-state index >= 15 is 0 Å². The monoisotopic (exact) mass is 363 g/mol. The van der Waals surface area contributed by atoms with E-state index in [9.17, 15) is 9.59 Å². The van der Waals surface area contributed by atoms with Crippen molar-refractivity contribution in [1.82, 2.24) is 15.6 Å². The average Bonchev–Trinajstić information content (AvgIpc) is 3.09. The minimum Gasteiger partial charge on any atom is -0.361 e. The highest BCUT2D eigenvalue weighted by Crippen LogP contribution is 2.19. The Balaban J connectivity index is 1.73. The highest BCUT2D eigenvalue weighted by Gasteiger charge is 2.22. The molecule has 5 nitrogen and oxygen atoms in total. The highest BCUT2D eigenvalue weighted by atomic mass is 16.2. The van der Waals surface area contributed by atoms with Crippen LogP contribution in [0.25, 0.3) is 10.9 Å². The number of aromatic amines is 1. The summed E-state index contributed by atoms with van der Waals surface area (Å²) in [7, 11) is 0. The number of aromatic nitrogens is 1. The van der Waals surface area contributed by atoms with Gasteiger partial charge in [0.1, 0.15) is 6.04 Å². The molecule has 0 aliphatic rings. The van der Waals surface area contributed by atoms with Crippen LogP contribution in [0.15, 0.2) is 60.8 Å². The van der Waals surface area contributed by atoms with E-state index in [0.717, 1.165) is 28.5 Å². The van der Waals surface area contributed by atoms with Crippen molar-refractivity contribution < 1.29 is 9.59 Å².